The van der Waals surface area contributed by atoms with Crippen LogP contribution in [0.25, 0.3) is 0 Å². The van der Waals surface area contributed by atoms with Gasteiger partial charge in [0.15, 0.2) is 5.82 Å². The highest BCUT2D eigenvalue weighted by molar-refractivity contribution is 6.42. The maximum absolute atomic E-state index is 14.0. The van der Waals surface area contributed by atoms with Crippen molar-refractivity contribution in [2.75, 3.05) is 5.32 Å². The molecule has 0 atom stereocenters. The first-order chi connectivity index (χ1) is 15.9. The number of amides is 1. The number of benzene rings is 3. The van der Waals surface area contributed by atoms with Crippen molar-refractivity contribution in [2.24, 2.45) is 0 Å². The van der Waals surface area contributed by atoms with E-state index in [1.54, 1.807) is 65.3 Å². The van der Waals surface area contributed by atoms with Gasteiger partial charge in [-0.05, 0) is 42.8 Å². The van der Waals surface area contributed by atoms with Gasteiger partial charge < -0.3 is 10.1 Å². The van der Waals surface area contributed by atoms with Crippen molar-refractivity contribution in [3.05, 3.63) is 111 Å². The number of ether oxygens (including phenoxy) is 1. The number of carbonyl (C=O) groups excluding carboxylic acids is 1. The minimum Gasteiger partial charge on any atom is -0.487 e. The molecule has 5 nitrogen and oxygen atoms in total. The van der Waals surface area contributed by atoms with Crippen LogP contribution < -0.4 is 10.1 Å². The summed E-state index contributed by atoms with van der Waals surface area (Å²) in [7, 11) is 0. The number of rotatable bonds is 7. The second kappa shape index (κ2) is 10.1. The van der Waals surface area contributed by atoms with Gasteiger partial charge in [0.05, 0.1) is 11.6 Å². The smallest absolute Gasteiger partial charge is 0.256 e. The Morgan fingerprint density at radius 1 is 1.06 bits per heavy atom. The molecule has 0 spiro atoms. The van der Waals surface area contributed by atoms with E-state index in [4.69, 9.17) is 27.9 Å². The number of nitrogens with zero attached hydrogens (tertiary/aromatic N) is 2. The van der Waals surface area contributed by atoms with Crippen molar-refractivity contribution in [2.45, 2.75) is 20.1 Å². The van der Waals surface area contributed by atoms with Crippen LogP contribution in [-0.2, 0) is 13.2 Å². The molecule has 0 radical (unpaired) electrons. The molecule has 0 fully saturated rings. The largest absolute Gasteiger partial charge is 0.487 e. The van der Waals surface area contributed by atoms with E-state index in [0.717, 1.165) is 11.3 Å². The minimum atomic E-state index is -0.312. The monoisotopic (exact) mass is 483 g/mol. The van der Waals surface area contributed by atoms with Crippen LogP contribution in [0.4, 0.5) is 10.2 Å². The average Bonchev–Trinajstić information content (AvgIpc) is 3.15. The highest BCUT2D eigenvalue weighted by Gasteiger charge is 2.13. The van der Waals surface area contributed by atoms with E-state index in [1.807, 2.05) is 13.0 Å². The fourth-order valence-electron chi connectivity index (χ4n) is 3.27. The molecule has 168 valence electrons. The van der Waals surface area contributed by atoms with Gasteiger partial charge in [-0.25, -0.2) is 4.39 Å². The average molecular weight is 484 g/mol. The predicted octanol–water partition coefficient (Wildman–Crippen LogP) is 6.52. The molecule has 4 aromatic rings. The Morgan fingerprint density at radius 2 is 1.85 bits per heavy atom. The quantitative estimate of drug-likeness (QED) is 0.325. The Hall–Kier alpha value is -3.35. The van der Waals surface area contributed by atoms with Crippen molar-refractivity contribution < 1.29 is 13.9 Å². The molecule has 1 amide bonds. The third-order valence-electron chi connectivity index (χ3n) is 5.00. The molecule has 0 aliphatic heterocycles. The highest BCUT2D eigenvalue weighted by atomic mass is 35.5. The van der Waals surface area contributed by atoms with E-state index in [0.29, 0.717) is 32.7 Å². The number of hydrogen-bond acceptors (Lipinski definition) is 3. The first-order valence-electron chi connectivity index (χ1n) is 10.2. The number of carbonyl (C=O) groups is 1. The predicted molar refractivity (Wildman–Crippen MR) is 128 cm³/mol. The van der Waals surface area contributed by atoms with Crippen molar-refractivity contribution in [3.8, 4) is 5.75 Å². The lowest BCUT2D eigenvalue weighted by Gasteiger charge is -2.10. The zero-order chi connectivity index (χ0) is 23.4. The van der Waals surface area contributed by atoms with Gasteiger partial charge in [0.25, 0.3) is 5.91 Å². The van der Waals surface area contributed by atoms with E-state index >= 15 is 0 Å². The summed E-state index contributed by atoms with van der Waals surface area (Å²) in [6.45, 7) is 2.34. The van der Waals surface area contributed by atoms with E-state index < -0.39 is 0 Å². The standard InChI is InChI=1S/C25H20Cl2FN3O2/c1-16-12-23(30-31(16)14-19-7-2-3-10-21(19)28)29-25(32)18-8-4-6-17(13-18)15-33-22-11-5-9-20(26)24(22)27/h2-13H,14-15H2,1H3,(H,29,30,32). The molecule has 1 aromatic heterocycles. The van der Waals surface area contributed by atoms with E-state index in [1.165, 1.54) is 6.07 Å². The lowest BCUT2D eigenvalue weighted by molar-refractivity contribution is 0.102. The van der Waals surface area contributed by atoms with Crippen LogP contribution in [0, 0.1) is 12.7 Å². The number of anilines is 1. The molecule has 1 N–H and O–H groups in total. The third-order valence-corrected chi connectivity index (χ3v) is 5.80. The summed E-state index contributed by atoms with van der Waals surface area (Å²) in [5, 5.41) is 7.94. The number of aromatic nitrogens is 2. The Kier molecular flexibility index (Phi) is 6.96. The summed E-state index contributed by atoms with van der Waals surface area (Å²) in [5.74, 6) is 0.250. The van der Waals surface area contributed by atoms with E-state index in [2.05, 4.69) is 10.4 Å². The molecule has 0 saturated carbocycles. The van der Waals surface area contributed by atoms with Gasteiger partial charge in [-0.3, -0.25) is 9.48 Å². The zero-order valence-corrected chi connectivity index (χ0v) is 19.2. The van der Waals surface area contributed by atoms with Gasteiger partial charge in [0.1, 0.15) is 23.2 Å². The molecule has 4 rings (SSSR count). The van der Waals surface area contributed by atoms with Crippen LogP contribution in [0.15, 0.2) is 72.8 Å². The molecule has 0 unspecified atom stereocenters. The first kappa shape index (κ1) is 22.8. The van der Waals surface area contributed by atoms with Crippen LogP contribution >= 0.6 is 23.2 Å². The van der Waals surface area contributed by atoms with Crippen molar-refractivity contribution in [3.63, 3.8) is 0 Å². The summed E-state index contributed by atoms with van der Waals surface area (Å²) in [5.41, 5.74) is 2.57. The van der Waals surface area contributed by atoms with Crippen LogP contribution in [0.5, 0.6) is 5.75 Å². The molecule has 1 heterocycles. The number of halogens is 3. The van der Waals surface area contributed by atoms with Crippen molar-refractivity contribution >= 4 is 34.9 Å². The van der Waals surface area contributed by atoms with Crippen LogP contribution in [0.3, 0.4) is 0 Å². The number of aryl methyl sites for hydroxylation is 1. The molecular weight excluding hydrogens is 464 g/mol. The van der Waals surface area contributed by atoms with Gasteiger partial charge in [-0.2, -0.15) is 5.10 Å². The molecule has 8 heteroatoms. The Balaban J connectivity index is 1.43. The maximum Gasteiger partial charge on any atom is 0.256 e. The van der Waals surface area contributed by atoms with Gasteiger partial charge in [0.2, 0.25) is 0 Å². The summed E-state index contributed by atoms with van der Waals surface area (Å²) in [4.78, 5) is 12.8. The Bertz CT molecular complexity index is 1310. The van der Waals surface area contributed by atoms with Crippen LogP contribution in [0.2, 0.25) is 10.0 Å². The van der Waals surface area contributed by atoms with E-state index in [9.17, 15) is 9.18 Å². The second-order valence-corrected chi connectivity index (χ2v) is 8.20. The normalized spacial score (nSPS) is 10.8. The number of hydrogen-bond donors (Lipinski definition) is 1. The summed E-state index contributed by atoms with van der Waals surface area (Å²) in [6, 6.07) is 20.5. The highest BCUT2D eigenvalue weighted by Crippen LogP contribution is 2.32. The fourth-order valence-corrected chi connectivity index (χ4v) is 3.61. The third kappa shape index (κ3) is 5.53. The molecule has 33 heavy (non-hydrogen) atoms. The summed E-state index contributed by atoms with van der Waals surface area (Å²) >= 11 is 12.2. The molecule has 0 aliphatic rings. The van der Waals surface area contributed by atoms with Gasteiger partial charge >= 0.3 is 0 Å². The van der Waals surface area contributed by atoms with Crippen molar-refractivity contribution in [1.29, 1.82) is 0 Å². The fraction of sp³-hybridized carbons (Fsp3) is 0.120. The zero-order valence-electron chi connectivity index (χ0n) is 17.7. The Morgan fingerprint density at radius 3 is 2.67 bits per heavy atom. The van der Waals surface area contributed by atoms with Crippen LogP contribution in [0.1, 0.15) is 27.2 Å². The SMILES string of the molecule is Cc1cc(NC(=O)c2cccc(COc3cccc(Cl)c3Cl)c2)nn1Cc1ccccc1F. The van der Waals surface area contributed by atoms with Crippen LogP contribution in [-0.4, -0.2) is 15.7 Å². The Labute approximate surface area is 200 Å². The molecule has 0 aliphatic carbocycles. The lowest BCUT2D eigenvalue weighted by Crippen LogP contribution is -2.13. The molecular formula is C25H20Cl2FN3O2. The van der Waals surface area contributed by atoms with E-state index in [-0.39, 0.29) is 24.9 Å². The molecule has 0 bridgehead atoms. The summed E-state index contributed by atoms with van der Waals surface area (Å²) < 4.78 is 21.4. The molecule has 0 saturated heterocycles. The maximum atomic E-state index is 14.0. The minimum absolute atomic E-state index is 0.220. The first-order valence-corrected chi connectivity index (χ1v) is 10.9. The summed E-state index contributed by atoms with van der Waals surface area (Å²) in [6.07, 6.45) is 0. The molecule has 3 aromatic carbocycles. The van der Waals surface area contributed by atoms with Gasteiger partial charge in [0, 0.05) is 22.9 Å². The lowest BCUT2D eigenvalue weighted by atomic mass is 10.1. The second-order valence-electron chi connectivity index (χ2n) is 7.42. The van der Waals surface area contributed by atoms with Crippen molar-refractivity contribution in [1.82, 2.24) is 9.78 Å². The topological polar surface area (TPSA) is 56.1 Å². The van der Waals surface area contributed by atoms with Gasteiger partial charge in [-0.15, -0.1) is 0 Å². The number of nitrogens with one attached hydrogen (secondary N) is 1. The van der Waals surface area contributed by atoms with Gasteiger partial charge in [-0.1, -0.05) is 59.6 Å².